The molecule has 1 fully saturated rings. The van der Waals surface area contributed by atoms with Crippen LogP contribution in [0.4, 0.5) is 5.69 Å². The molecule has 0 unspecified atom stereocenters. The molecule has 1 aliphatic carbocycles. The number of benzene rings is 1. The van der Waals surface area contributed by atoms with E-state index >= 15 is 0 Å². The van der Waals surface area contributed by atoms with E-state index in [2.05, 4.69) is 10.4 Å². The van der Waals surface area contributed by atoms with Crippen LogP contribution in [0.5, 0.6) is 0 Å². The minimum Gasteiger partial charge on any atom is -0.437 e. The molecule has 4 rings (SSSR count). The second kappa shape index (κ2) is 3.59. The van der Waals surface area contributed by atoms with E-state index in [0.717, 1.165) is 12.8 Å². The Morgan fingerprint density at radius 3 is 2.90 bits per heavy atom. The number of para-hydroxylation sites is 1. The van der Waals surface area contributed by atoms with Crippen LogP contribution in [0.25, 0.3) is 0 Å². The summed E-state index contributed by atoms with van der Waals surface area (Å²) in [6, 6.07) is 7.22. The summed E-state index contributed by atoms with van der Waals surface area (Å²) in [5, 5.41) is 8.18. The van der Waals surface area contributed by atoms with Crippen LogP contribution in [0.1, 0.15) is 25.3 Å². The predicted octanol–water partition coefficient (Wildman–Crippen LogP) is 1.39. The minimum atomic E-state index is -1.46. The summed E-state index contributed by atoms with van der Waals surface area (Å²) in [6.45, 7) is 1.39. The van der Waals surface area contributed by atoms with Gasteiger partial charge in [0.15, 0.2) is 0 Å². The van der Waals surface area contributed by atoms with Crippen LogP contribution in [0.3, 0.4) is 0 Å². The van der Waals surface area contributed by atoms with Crippen LogP contribution in [0.2, 0.25) is 0 Å². The first-order chi connectivity index (χ1) is 9.63. The minimum absolute atomic E-state index is 0.233. The number of anilines is 1. The maximum atomic E-state index is 12.5. The monoisotopic (exact) mass is 271 g/mol. The Morgan fingerprint density at radius 2 is 2.20 bits per heavy atom. The Hall–Kier alpha value is -2.37. The van der Waals surface area contributed by atoms with Crippen molar-refractivity contribution >= 4 is 23.4 Å². The van der Waals surface area contributed by atoms with Gasteiger partial charge in [-0.3, -0.25) is 9.59 Å². The van der Waals surface area contributed by atoms with E-state index in [4.69, 9.17) is 4.74 Å². The highest BCUT2D eigenvalue weighted by molar-refractivity contribution is 6.08. The standard InChI is InChI=1S/C14H13N3O3/c1-8(18)17-14(20-12(16-17)9-6-7-9)10-4-2-3-5-11(10)15-13(14)19/h2-5,9H,6-7H2,1H3,(H,15,19)/t14-/m1/s1. The van der Waals surface area contributed by atoms with Crippen LogP contribution in [0.15, 0.2) is 29.4 Å². The maximum Gasteiger partial charge on any atom is 0.313 e. The molecule has 6 nitrogen and oxygen atoms in total. The summed E-state index contributed by atoms with van der Waals surface area (Å²) in [7, 11) is 0. The largest absolute Gasteiger partial charge is 0.437 e. The molecule has 0 aromatic heterocycles. The number of hydrazone groups is 1. The van der Waals surface area contributed by atoms with E-state index in [1.54, 1.807) is 12.1 Å². The highest BCUT2D eigenvalue weighted by Crippen LogP contribution is 2.47. The second-order valence-corrected chi connectivity index (χ2v) is 5.29. The number of carbonyl (C=O) groups excluding carboxylic acids is 2. The van der Waals surface area contributed by atoms with Crippen molar-refractivity contribution in [3.05, 3.63) is 29.8 Å². The molecule has 1 aromatic carbocycles. The first-order valence-corrected chi connectivity index (χ1v) is 6.62. The Kier molecular flexibility index (Phi) is 2.06. The average Bonchev–Trinajstić information content (AvgIpc) is 3.14. The molecule has 0 saturated heterocycles. The molecule has 102 valence electrons. The topological polar surface area (TPSA) is 71.0 Å². The van der Waals surface area contributed by atoms with Crippen molar-refractivity contribution in [2.24, 2.45) is 11.0 Å². The fourth-order valence-corrected chi connectivity index (χ4v) is 2.70. The number of nitrogens with one attached hydrogen (secondary N) is 1. The van der Waals surface area contributed by atoms with Crippen molar-refractivity contribution < 1.29 is 14.3 Å². The van der Waals surface area contributed by atoms with Crippen molar-refractivity contribution in [3.63, 3.8) is 0 Å². The molecule has 2 amide bonds. The normalized spacial score (nSPS) is 27.1. The van der Waals surface area contributed by atoms with Gasteiger partial charge in [0.05, 0.1) is 11.3 Å². The van der Waals surface area contributed by atoms with E-state index < -0.39 is 5.72 Å². The lowest BCUT2D eigenvalue weighted by Crippen LogP contribution is -2.49. The summed E-state index contributed by atoms with van der Waals surface area (Å²) < 4.78 is 5.89. The number of hydrogen-bond donors (Lipinski definition) is 1. The molecule has 1 spiro atoms. The molecular weight excluding hydrogens is 258 g/mol. The van der Waals surface area contributed by atoms with E-state index in [1.807, 2.05) is 12.1 Å². The maximum absolute atomic E-state index is 12.5. The van der Waals surface area contributed by atoms with Crippen LogP contribution >= 0.6 is 0 Å². The number of nitrogens with zero attached hydrogens (tertiary/aromatic N) is 2. The molecular formula is C14H13N3O3. The van der Waals surface area contributed by atoms with E-state index in [0.29, 0.717) is 17.1 Å². The van der Waals surface area contributed by atoms with Crippen molar-refractivity contribution in [1.29, 1.82) is 0 Å². The lowest BCUT2D eigenvalue weighted by atomic mass is 10.0. The molecule has 1 atom stereocenters. The predicted molar refractivity (Wildman–Crippen MR) is 70.5 cm³/mol. The van der Waals surface area contributed by atoms with Gasteiger partial charge in [-0.2, -0.15) is 5.01 Å². The zero-order valence-corrected chi connectivity index (χ0v) is 10.9. The van der Waals surface area contributed by atoms with Gasteiger partial charge < -0.3 is 10.1 Å². The molecule has 20 heavy (non-hydrogen) atoms. The molecule has 1 N–H and O–H groups in total. The summed E-state index contributed by atoms with van der Waals surface area (Å²) in [4.78, 5) is 24.4. The summed E-state index contributed by atoms with van der Waals surface area (Å²) in [5.41, 5.74) is -0.157. The summed E-state index contributed by atoms with van der Waals surface area (Å²) >= 11 is 0. The molecule has 2 aliphatic heterocycles. The fourth-order valence-electron chi connectivity index (χ4n) is 2.70. The van der Waals surface area contributed by atoms with Gasteiger partial charge in [0.1, 0.15) is 0 Å². The molecule has 0 bridgehead atoms. The molecule has 1 saturated carbocycles. The third kappa shape index (κ3) is 1.31. The third-order valence-electron chi connectivity index (χ3n) is 3.82. The first kappa shape index (κ1) is 11.5. The Balaban J connectivity index is 1.87. The quantitative estimate of drug-likeness (QED) is 0.839. The van der Waals surface area contributed by atoms with Crippen LogP contribution in [-0.4, -0.2) is 22.7 Å². The molecule has 2 heterocycles. The number of amides is 2. The van der Waals surface area contributed by atoms with Gasteiger partial charge in [-0.15, -0.1) is 5.10 Å². The zero-order chi connectivity index (χ0) is 13.9. The summed E-state index contributed by atoms with van der Waals surface area (Å²) in [5.74, 6) is 0.0460. The third-order valence-corrected chi connectivity index (χ3v) is 3.82. The molecule has 0 radical (unpaired) electrons. The number of hydrogen-bond acceptors (Lipinski definition) is 4. The number of fused-ring (bicyclic) bond motifs is 2. The van der Waals surface area contributed by atoms with Gasteiger partial charge in [-0.1, -0.05) is 18.2 Å². The van der Waals surface area contributed by atoms with Gasteiger partial charge in [0, 0.05) is 12.8 Å². The number of rotatable bonds is 1. The van der Waals surface area contributed by atoms with Gasteiger partial charge in [0.25, 0.3) is 5.91 Å². The van der Waals surface area contributed by atoms with Crippen LogP contribution < -0.4 is 5.32 Å². The van der Waals surface area contributed by atoms with Gasteiger partial charge in [-0.25, -0.2) is 0 Å². The van der Waals surface area contributed by atoms with Gasteiger partial charge in [0.2, 0.25) is 11.8 Å². The Morgan fingerprint density at radius 1 is 1.45 bits per heavy atom. The lowest BCUT2D eigenvalue weighted by Gasteiger charge is -2.28. The zero-order valence-electron chi connectivity index (χ0n) is 10.9. The van der Waals surface area contributed by atoms with Crippen molar-refractivity contribution in [2.75, 3.05) is 5.32 Å². The first-order valence-electron chi connectivity index (χ1n) is 6.62. The molecule has 1 aromatic rings. The summed E-state index contributed by atoms with van der Waals surface area (Å²) in [6.07, 6.45) is 1.98. The van der Waals surface area contributed by atoms with Crippen molar-refractivity contribution in [3.8, 4) is 0 Å². The number of carbonyl (C=O) groups is 2. The van der Waals surface area contributed by atoms with Crippen molar-refractivity contribution in [2.45, 2.75) is 25.5 Å². The van der Waals surface area contributed by atoms with Gasteiger partial charge >= 0.3 is 5.72 Å². The molecule has 6 heteroatoms. The Bertz CT molecular complexity index is 665. The molecule has 3 aliphatic rings. The SMILES string of the molecule is CC(=O)N1N=C(C2CC2)O[C@]12C(=O)Nc1ccccc12. The van der Waals surface area contributed by atoms with Crippen LogP contribution in [-0.2, 0) is 20.1 Å². The highest BCUT2D eigenvalue weighted by atomic mass is 16.6. The Labute approximate surface area is 115 Å². The fraction of sp³-hybridized carbons (Fsp3) is 0.357. The van der Waals surface area contributed by atoms with Gasteiger partial charge in [-0.05, 0) is 18.9 Å². The van der Waals surface area contributed by atoms with E-state index in [1.165, 1.54) is 11.9 Å². The van der Waals surface area contributed by atoms with E-state index in [-0.39, 0.29) is 17.7 Å². The van der Waals surface area contributed by atoms with E-state index in [9.17, 15) is 9.59 Å². The van der Waals surface area contributed by atoms with Crippen molar-refractivity contribution in [1.82, 2.24) is 5.01 Å². The van der Waals surface area contributed by atoms with Crippen LogP contribution in [0, 0.1) is 5.92 Å². The smallest absolute Gasteiger partial charge is 0.313 e. The average molecular weight is 271 g/mol. The second-order valence-electron chi connectivity index (χ2n) is 5.29. The lowest BCUT2D eigenvalue weighted by molar-refractivity contribution is -0.160. The highest BCUT2D eigenvalue weighted by Gasteiger charge is 2.61. The number of ether oxygens (including phenoxy) is 1.